The quantitative estimate of drug-likeness (QED) is 0.659. The van der Waals surface area contributed by atoms with Gasteiger partial charge in [0, 0.05) is 31.4 Å². The lowest BCUT2D eigenvalue weighted by molar-refractivity contribution is -0.161. The summed E-state index contributed by atoms with van der Waals surface area (Å²) in [4.78, 5) is 19.5. The normalized spacial score (nSPS) is 19.6. The molecule has 0 amide bonds. The Morgan fingerprint density at radius 3 is 2.80 bits per heavy atom. The maximum Gasteiger partial charge on any atom is 0.311 e. The average molecular weight is 433 g/mol. The zero-order valence-electron chi connectivity index (χ0n) is 17.8. The van der Waals surface area contributed by atoms with Crippen molar-refractivity contribution >= 4 is 17.3 Å². The molecule has 1 spiro atoms. The van der Waals surface area contributed by atoms with E-state index in [1.807, 2.05) is 32.2 Å². The Bertz CT molecular complexity index is 886. The van der Waals surface area contributed by atoms with E-state index in [1.165, 1.54) is 17.4 Å². The van der Waals surface area contributed by atoms with Gasteiger partial charge >= 0.3 is 5.97 Å². The molecule has 2 aliphatic heterocycles. The largest absolute Gasteiger partial charge is 0.460 e. The standard InChI is InChI=1S/C23H29FN2O3S/c1-22(2,3)29-21(27)16(11-19-14-30-15-25-19)12-26-8-6-23(7-9-26)20-5-4-18(24)10-17(20)13-28-23/h4-5,10,14-16H,6-9,11-13H2,1-3H3. The first-order valence-electron chi connectivity index (χ1n) is 10.5. The van der Waals surface area contributed by atoms with Gasteiger partial charge in [-0.3, -0.25) is 4.79 Å². The predicted molar refractivity (Wildman–Crippen MR) is 114 cm³/mol. The molecule has 0 saturated carbocycles. The van der Waals surface area contributed by atoms with Gasteiger partial charge in [0.25, 0.3) is 0 Å². The topological polar surface area (TPSA) is 51.7 Å². The van der Waals surface area contributed by atoms with Crippen molar-refractivity contribution in [3.05, 3.63) is 51.7 Å². The number of hydrogen-bond donors (Lipinski definition) is 0. The van der Waals surface area contributed by atoms with Crippen LogP contribution in [-0.4, -0.2) is 41.1 Å². The number of thiazole rings is 1. The van der Waals surface area contributed by atoms with Crippen molar-refractivity contribution in [2.75, 3.05) is 19.6 Å². The van der Waals surface area contributed by atoms with E-state index >= 15 is 0 Å². The van der Waals surface area contributed by atoms with Gasteiger partial charge in [0.1, 0.15) is 11.4 Å². The second-order valence-electron chi connectivity index (χ2n) is 9.30. The number of fused-ring (bicyclic) bond motifs is 2. The summed E-state index contributed by atoms with van der Waals surface area (Å²) in [7, 11) is 0. The minimum absolute atomic E-state index is 0.172. The highest BCUT2D eigenvalue weighted by Gasteiger charge is 2.43. The van der Waals surface area contributed by atoms with Crippen LogP contribution in [0.4, 0.5) is 4.39 Å². The Labute approximate surface area is 181 Å². The number of hydrogen-bond acceptors (Lipinski definition) is 6. The third-order valence-corrected chi connectivity index (χ3v) is 6.52. The average Bonchev–Trinajstić information content (AvgIpc) is 3.30. The number of carbonyl (C=O) groups is 1. The second kappa shape index (κ2) is 8.36. The van der Waals surface area contributed by atoms with E-state index in [1.54, 1.807) is 11.6 Å². The van der Waals surface area contributed by atoms with E-state index in [9.17, 15) is 9.18 Å². The van der Waals surface area contributed by atoms with Crippen molar-refractivity contribution in [2.24, 2.45) is 5.92 Å². The fraction of sp³-hybridized carbons (Fsp3) is 0.565. The van der Waals surface area contributed by atoms with Crippen LogP contribution in [0.5, 0.6) is 0 Å². The number of benzene rings is 1. The fourth-order valence-corrected chi connectivity index (χ4v) is 5.01. The molecule has 1 atom stereocenters. The fourth-order valence-electron chi connectivity index (χ4n) is 4.44. The Balaban J connectivity index is 1.42. The molecular weight excluding hydrogens is 403 g/mol. The second-order valence-corrected chi connectivity index (χ2v) is 10.0. The zero-order chi connectivity index (χ0) is 21.4. The molecule has 5 nitrogen and oxygen atoms in total. The number of ether oxygens (including phenoxy) is 2. The van der Waals surface area contributed by atoms with Crippen LogP contribution in [0.2, 0.25) is 0 Å². The van der Waals surface area contributed by atoms with Gasteiger partial charge in [-0.2, -0.15) is 0 Å². The maximum atomic E-state index is 13.6. The lowest BCUT2D eigenvalue weighted by Gasteiger charge is -2.40. The molecule has 0 radical (unpaired) electrons. The highest BCUT2D eigenvalue weighted by Crippen LogP contribution is 2.44. The molecule has 0 bridgehead atoms. The third kappa shape index (κ3) is 4.74. The van der Waals surface area contributed by atoms with Crippen molar-refractivity contribution in [1.29, 1.82) is 0 Å². The monoisotopic (exact) mass is 432 g/mol. The first-order chi connectivity index (χ1) is 14.2. The molecule has 2 aromatic rings. The number of halogens is 1. The van der Waals surface area contributed by atoms with Gasteiger partial charge in [-0.05, 0) is 56.9 Å². The number of likely N-dealkylation sites (tertiary alicyclic amines) is 1. The zero-order valence-corrected chi connectivity index (χ0v) is 18.6. The number of rotatable bonds is 5. The van der Waals surface area contributed by atoms with E-state index in [4.69, 9.17) is 9.47 Å². The summed E-state index contributed by atoms with van der Waals surface area (Å²) >= 11 is 1.54. The smallest absolute Gasteiger partial charge is 0.311 e. The van der Waals surface area contributed by atoms with Crippen LogP contribution in [0, 0.1) is 11.7 Å². The van der Waals surface area contributed by atoms with Gasteiger partial charge in [0.05, 0.1) is 29.3 Å². The van der Waals surface area contributed by atoms with Crippen LogP contribution in [0.3, 0.4) is 0 Å². The summed E-state index contributed by atoms with van der Waals surface area (Å²) in [5, 5.41) is 1.99. The SMILES string of the molecule is CC(C)(C)OC(=O)C(Cc1cscn1)CN1CCC2(CC1)OCc1cc(F)ccc12. The van der Waals surface area contributed by atoms with E-state index in [-0.39, 0.29) is 23.3 Å². The maximum absolute atomic E-state index is 13.6. The molecule has 4 rings (SSSR count). The van der Waals surface area contributed by atoms with Crippen LogP contribution in [0.25, 0.3) is 0 Å². The van der Waals surface area contributed by atoms with Gasteiger partial charge < -0.3 is 14.4 Å². The lowest BCUT2D eigenvalue weighted by Crippen LogP contribution is -2.46. The number of nitrogens with zero attached hydrogens (tertiary/aromatic N) is 2. The van der Waals surface area contributed by atoms with E-state index < -0.39 is 5.60 Å². The molecule has 1 aromatic carbocycles. The molecule has 0 aliphatic carbocycles. The molecule has 1 unspecified atom stereocenters. The molecule has 3 heterocycles. The summed E-state index contributed by atoms with van der Waals surface area (Å²) in [5.74, 6) is -0.644. The Hall–Kier alpha value is -1.83. The van der Waals surface area contributed by atoms with Crippen molar-refractivity contribution in [2.45, 2.75) is 57.8 Å². The lowest BCUT2D eigenvalue weighted by atomic mass is 9.83. The summed E-state index contributed by atoms with van der Waals surface area (Å²) in [6.07, 6.45) is 2.26. The highest BCUT2D eigenvalue weighted by molar-refractivity contribution is 7.07. The number of aromatic nitrogens is 1. The van der Waals surface area contributed by atoms with Crippen LogP contribution >= 0.6 is 11.3 Å². The van der Waals surface area contributed by atoms with Crippen LogP contribution < -0.4 is 0 Å². The van der Waals surface area contributed by atoms with Gasteiger partial charge in [-0.1, -0.05) is 6.07 Å². The molecular formula is C23H29FN2O3S. The Morgan fingerprint density at radius 1 is 1.37 bits per heavy atom. The molecule has 1 fully saturated rings. The van der Waals surface area contributed by atoms with Gasteiger partial charge in [-0.15, -0.1) is 11.3 Å². The molecule has 2 aliphatic rings. The van der Waals surface area contributed by atoms with E-state index in [0.29, 0.717) is 19.6 Å². The number of esters is 1. The minimum atomic E-state index is -0.514. The van der Waals surface area contributed by atoms with E-state index in [2.05, 4.69) is 9.88 Å². The summed E-state index contributed by atoms with van der Waals surface area (Å²) in [6, 6.07) is 4.98. The molecule has 162 valence electrons. The number of carbonyl (C=O) groups excluding carboxylic acids is 1. The van der Waals surface area contributed by atoms with Crippen LogP contribution in [-0.2, 0) is 32.9 Å². The molecule has 1 saturated heterocycles. The summed E-state index contributed by atoms with van der Waals surface area (Å²) in [5.41, 5.74) is 3.97. The summed E-state index contributed by atoms with van der Waals surface area (Å²) in [6.45, 7) is 8.45. The van der Waals surface area contributed by atoms with Crippen molar-refractivity contribution in [3.8, 4) is 0 Å². The molecule has 0 N–H and O–H groups in total. The molecule has 7 heteroatoms. The highest BCUT2D eigenvalue weighted by atomic mass is 32.1. The number of piperidine rings is 1. The summed E-state index contributed by atoms with van der Waals surface area (Å²) < 4.78 is 25.4. The van der Waals surface area contributed by atoms with Crippen LogP contribution in [0.15, 0.2) is 29.1 Å². The Morgan fingerprint density at radius 2 is 2.13 bits per heavy atom. The predicted octanol–water partition coefficient (Wildman–Crippen LogP) is 4.30. The first-order valence-corrected chi connectivity index (χ1v) is 11.4. The van der Waals surface area contributed by atoms with Crippen molar-refractivity contribution < 1.29 is 18.7 Å². The van der Waals surface area contributed by atoms with Crippen molar-refractivity contribution in [3.63, 3.8) is 0 Å². The minimum Gasteiger partial charge on any atom is -0.460 e. The Kier molecular flexibility index (Phi) is 5.97. The van der Waals surface area contributed by atoms with Gasteiger partial charge in [0.15, 0.2) is 0 Å². The van der Waals surface area contributed by atoms with Crippen molar-refractivity contribution in [1.82, 2.24) is 9.88 Å². The van der Waals surface area contributed by atoms with E-state index in [0.717, 1.165) is 42.8 Å². The molecule has 1 aromatic heterocycles. The van der Waals surface area contributed by atoms with Crippen LogP contribution in [0.1, 0.15) is 50.4 Å². The third-order valence-electron chi connectivity index (χ3n) is 5.88. The first kappa shape index (κ1) is 21.4. The van der Waals surface area contributed by atoms with Gasteiger partial charge in [-0.25, -0.2) is 9.37 Å². The van der Waals surface area contributed by atoms with Gasteiger partial charge in [0.2, 0.25) is 0 Å². The molecule has 30 heavy (non-hydrogen) atoms.